The molecule has 3 amide bonds. The number of thioether (sulfide) groups is 1. The van der Waals surface area contributed by atoms with Gasteiger partial charge in [-0.15, -0.1) is 0 Å². The minimum atomic E-state index is -0.864. The zero-order valence-electron chi connectivity index (χ0n) is 22.4. The minimum absolute atomic E-state index is 0.0958. The Morgan fingerprint density at radius 3 is 2.43 bits per heavy atom. The van der Waals surface area contributed by atoms with Gasteiger partial charge in [0.2, 0.25) is 17.7 Å². The molecule has 1 saturated heterocycles. The lowest BCUT2D eigenvalue weighted by molar-refractivity contribution is -0.122. The van der Waals surface area contributed by atoms with Gasteiger partial charge in [-0.25, -0.2) is 9.29 Å². The van der Waals surface area contributed by atoms with Crippen LogP contribution in [0.25, 0.3) is 0 Å². The number of thiazole rings is 1. The number of ether oxygens (including phenoxy) is 1. The Morgan fingerprint density at radius 2 is 1.74 bits per heavy atom. The van der Waals surface area contributed by atoms with Crippen LogP contribution in [0.3, 0.4) is 0 Å². The van der Waals surface area contributed by atoms with Crippen molar-refractivity contribution in [1.82, 2.24) is 4.57 Å². The molecule has 0 aliphatic carbocycles. The average Bonchev–Trinajstić information content (AvgIpc) is 3.41. The van der Waals surface area contributed by atoms with E-state index in [2.05, 4.69) is 5.32 Å². The summed E-state index contributed by atoms with van der Waals surface area (Å²) in [4.78, 5) is 55.4. The van der Waals surface area contributed by atoms with E-state index in [1.807, 2.05) is 19.1 Å². The maximum absolute atomic E-state index is 14.0. The number of phenols is 1. The van der Waals surface area contributed by atoms with Gasteiger partial charge in [0.15, 0.2) is 11.5 Å². The van der Waals surface area contributed by atoms with Gasteiger partial charge < -0.3 is 15.2 Å². The first-order chi connectivity index (χ1) is 20.2. The van der Waals surface area contributed by atoms with E-state index in [1.54, 1.807) is 24.3 Å². The van der Waals surface area contributed by atoms with Crippen molar-refractivity contribution in [2.75, 3.05) is 17.3 Å². The van der Waals surface area contributed by atoms with Crippen LogP contribution in [-0.4, -0.2) is 39.8 Å². The number of phenolic OH excluding ortho intramolecular Hbond substituents is 1. The van der Waals surface area contributed by atoms with Gasteiger partial charge in [0.1, 0.15) is 17.6 Å². The molecule has 2 aliphatic rings. The largest absolute Gasteiger partial charge is 0.504 e. The smallest absolute Gasteiger partial charge is 0.308 e. The number of methoxy groups -OCH3 is 1. The zero-order chi connectivity index (χ0) is 29.7. The topological polar surface area (TPSA) is 118 Å². The molecule has 0 spiro atoms. The molecule has 3 atom stereocenters. The number of rotatable bonds is 6. The number of carbonyl (C=O) groups is 3. The van der Waals surface area contributed by atoms with Gasteiger partial charge in [0.25, 0.3) is 0 Å². The number of imide groups is 1. The summed E-state index contributed by atoms with van der Waals surface area (Å²) in [5.74, 6) is -3.24. The number of hydrogen-bond acceptors (Lipinski definition) is 8. The van der Waals surface area contributed by atoms with Gasteiger partial charge in [-0.05, 0) is 61.0 Å². The molecular weight excluding hydrogens is 581 g/mol. The number of anilines is 2. The first-order valence-corrected chi connectivity index (χ1v) is 14.6. The van der Waals surface area contributed by atoms with Gasteiger partial charge in [-0.2, -0.15) is 0 Å². The monoisotopic (exact) mass is 605 g/mol. The lowest BCUT2D eigenvalue weighted by atomic mass is 9.83. The number of aromatic nitrogens is 1. The molecule has 6 rings (SSSR count). The molecule has 0 bridgehead atoms. The fraction of sp³-hybridized carbons (Fsp3) is 0.200. The Morgan fingerprint density at radius 1 is 1.02 bits per heavy atom. The highest BCUT2D eigenvalue weighted by Gasteiger charge is 2.57. The number of nitrogens with one attached hydrogen (secondary N) is 1. The predicted molar refractivity (Wildman–Crippen MR) is 157 cm³/mol. The summed E-state index contributed by atoms with van der Waals surface area (Å²) in [6.07, 6.45) is 0. The minimum Gasteiger partial charge on any atom is -0.504 e. The number of hydrogen-bond donors (Lipinski definition) is 2. The highest BCUT2D eigenvalue weighted by Crippen LogP contribution is 2.54. The Hall–Kier alpha value is -4.42. The Balaban J connectivity index is 1.43. The van der Waals surface area contributed by atoms with Crippen molar-refractivity contribution in [1.29, 1.82) is 0 Å². The number of fused-ring (bicyclic) bond motifs is 2. The molecule has 214 valence electrons. The number of carbonyl (C=O) groups excluding carboxylic acids is 3. The third kappa shape index (κ3) is 4.76. The molecule has 2 N–H and O–H groups in total. The number of aromatic hydroxyl groups is 1. The van der Waals surface area contributed by atoms with Crippen LogP contribution in [0.1, 0.15) is 21.9 Å². The summed E-state index contributed by atoms with van der Waals surface area (Å²) in [6.45, 7) is 1.56. The maximum atomic E-state index is 14.0. The Bertz CT molecular complexity index is 1780. The lowest BCUT2D eigenvalue weighted by Gasteiger charge is -2.31. The van der Waals surface area contributed by atoms with Gasteiger partial charge >= 0.3 is 4.87 Å². The van der Waals surface area contributed by atoms with E-state index in [0.717, 1.165) is 28.7 Å². The quantitative estimate of drug-likeness (QED) is 0.311. The predicted octanol–water partition coefficient (Wildman–Crippen LogP) is 4.51. The molecule has 0 radical (unpaired) electrons. The Labute approximate surface area is 247 Å². The lowest BCUT2D eigenvalue weighted by Crippen LogP contribution is -2.33. The summed E-state index contributed by atoms with van der Waals surface area (Å²) in [6, 6.07) is 17.0. The van der Waals surface area contributed by atoms with E-state index in [0.29, 0.717) is 26.8 Å². The fourth-order valence-corrected chi connectivity index (χ4v) is 8.10. The number of nitrogens with zero attached hydrogens (tertiary/aromatic N) is 2. The van der Waals surface area contributed by atoms with E-state index in [-0.39, 0.29) is 18.0 Å². The van der Waals surface area contributed by atoms with Gasteiger partial charge in [-0.1, -0.05) is 46.9 Å². The summed E-state index contributed by atoms with van der Waals surface area (Å²) in [5, 5.41) is 12.4. The molecule has 1 aromatic heterocycles. The summed E-state index contributed by atoms with van der Waals surface area (Å²) < 4.78 is 19.9. The fourth-order valence-electron chi connectivity index (χ4n) is 5.33. The molecule has 9 nitrogen and oxygen atoms in total. The van der Waals surface area contributed by atoms with Crippen LogP contribution in [0.2, 0.25) is 0 Å². The van der Waals surface area contributed by atoms with E-state index < -0.39 is 45.5 Å². The van der Waals surface area contributed by atoms with Crippen molar-refractivity contribution in [2.45, 2.75) is 29.7 Å². The number of aryl methyl sites for hydroxylation is 1. The molecule has 3 unspecified atom stereocenters. The first kappa shape index (κ1) is 27.7. The third-order valence-electron chi connectivity index (χ3n) is 7.33. The first-order valence-electron chi connectivity index (χ1n) is 12.9. The van der Waals surface area contributed by atoms with Crippen molar-refractivity contribution in [3.05, 3.63) is 98.2 Å². The van der Waals surface area contributed by atoms with Crippen LogP contribution < -0.4 is 19.8 Å². The van der Waals surface area contributed by atoms with Crippen LogP contribution in [0.4, 0.5) is 15.8 Å². The molecule has 3 aromatic carbocycles. The molecule has 4 aromatic rings. The molecule has 12 heteroatoms. The Kier molecular flexibility index (Phi) is 7.11. The summed E-state index contributed by atoms with van der Waals surface area (Å²) in [5.41, 5.74) is 2.37. The molecular formula is C30H24FN3O6S2. The van der Waals surface area contributed by atoms with Gasteiger partial charge in [-0.3, -0.25) is 23.7 Å². The van der Waals surface area contributed by atoms with E-state index in [9.17, 15) is 28.7 Å². The second-order valence-corrected chi connectivity index (χ2v) is 12.1. The molecule has 1 fully saturated rings. The van der Waals surface area contributed by atoms with Gasteiger partial charge in [0, 0.05) is 16.5 Å². The zero-order valence-corrected chi connectivity index (χ0v) is 24.0. The molecule has 42 heavy (non-hydrogen) atoms. The second-order valence-electron chi connectivity index (χ2n) is 10.00. The van der Waals surface area contributed by atoms with Crippen molar-refractivity contribution in [3.63, 3.8) is 0 Å². The van der Waals surface area contributed by atoms with Crippen molar-refractivity contribution in [2.24, 2.45) is 5.92 Å². The van der Waals surface area contributed by atoms with Crippen molar-refractivity contribution < 1.29 is 28.6 Å². The van der Waals surface area contributed by atoms with Crippen molar-refractivity contribution in [3.8, 4) is 11.5 Å². The molecule has 0 saturated carbocycles. The SMILES string of the molecule is COc1cc(C2c3sc(=O)n(CC(=O)Nc4ccc(F)cc4)c3SC3C(=O)N(c4ccc(C)cc4)C(=O)C32)ccc1O. The molecule has 3 heterocycles. The van der Waals surface area contributed by atoms with Crippen LogP contribution in [-0.2, 0) is 20.9 Å². The number of benzene rings is 3. The van der Waals surface area contributed by atoms with Crippen LogP contribution >= 0.6 is 23.1 Å². The van der Waals surface area contributed by atoms with E-state index in [1.165, 1.54) is 46.9 Å². The molecule has 2 aliphatic heterocycles. The van der Waals surface area contributed by atoms with Crippen LogP contribution in [0.15, 0.2) is 76.6 Å². The maximum Gasteiger partial charge on any atom is 0.308 e. The van der Waals surface area contributed by atoms with Crippen LogP contribution in [0, 0.1) is 18.7 Å². The highest BCUT2D eigenvalue weighted by molar-refractivity contribution is 8.00. The van der Waals surface area contributed by atoms with E-state index in [4.69, 9.17) is 4.74 Å². The summed E-state index contributed by atoms with van der Waals surface area (Å²) >= 11 is 2.01. The van der Waals surface area contributed by atoms with E-state index >= 15 is 0 Å². The normalized spacial score (nSPS) is 19.4. The third-order valence-corrected chi connectivity index (χ3v) is 9.94. The highest BCUT2D eigenvalue weighted by atomic mass is 32.2. The average molecular weight is 606 g/mol. The second kappa shape index (κ2) is 10.8. The number of halogens is 1. The number of amides is 3. The van der Waals surface area contributed by atoms with Gasteiger partial charge in [0.05, 0.1) is 23.7 Å². The van der Waals surface area contributed by atoms with Crippen molar-refractivity contribution >= 4 is 52.2 Å². The van der Waals surface area contributed by atoms with Crippen LogP contribution in [0.5, 0.6) is 11.5 Å². The summed E-state index contributed by atoms with van der Waals surface area (Å²) in [7, 11) is 1.40. The standard InChI is InChI=1S/C30H24FN3O6S2/c1-15-3-10-19(11-4-15)34-27(37)24-23(16-5-12-20(35)21(13-16)40-2)26-29(41-25(24)28(34)38)33(30(39)42-26)14-22(36)32-18-8-6-17(31)7-9-18/h3-13,23-25,35H,14H2,1-2H3,(H,32,36).